The Bertz CT molecular complexity index is 648. The topological polar surface area (TPSA) is 40.5 Å². The second-order valence-electron chi connectivity index (χ2n) is 4.49. The molecular formula is C15H13Cl2NO2. The molecule has 0 heterocycles. The van der Waals surface area contributed by atoms with Crippen molar-refractivity contribution in [2.45, 2.75) is 13.8 Å². The predicted molar refractivity (Wildman–Crippen MR) is 82.5 cm³/mol. The van der Waals surface area contributed by atoms with E-state index in [0.29, 0.717) is 21.4 Å². The van der Waals surface area contributed by atoms with Gasteiger partial charge < -0.3 is 5.11 Å². The molecule has 5 heteroatoms. The maximum Gasteiger partial charge on any atom is 0.416 e. The van der Waals surface area contributed by atoms with Crippen molar-refractivity contribution < 1.29 is 9.90 Å². The Balaban J connectivity index is 2.58. The largest absolute Gasteiger partial charge is 0.464 e. The monoisotopic (exact) mass is 309 g/mol. The highest BCUT2D eigenvalue weighted by Gasteiger charge is 2.18. The quantitative estimate of drug-likeness (QED) is 0.804. The number of amides is 1. The van der Waals surface area contributed by atoms with E-state index in [0.717, 1.165) is 11.1 Å². The highest BCUT2D eigenvalue weighted by Crippen LogP contribution is 2.32. The van der Waals surface area contributed by atoms with Crippen molar-refractivity contribution in [2.75, 3.05) is 4.90 Å². The number of nitrogens with zero attached hydrogens (tertiary/aromatic N) is 1. The summed E-state index contributed by atoms with van der Waals surface area (Å²) < 4.78 is 0. The lowest BCUT2D eigenvalue weighted by Gasteiger charge is -2.21. The third-order valence-corrected chi connectivity index (χ3v) is 3.77. The van der Waals surface area contributed by atoms with E-state index in [1.165, 1.54) is 4.90 Å². The fourth-order valence-corrected chi connectivity index (χ4v) is 2.33. The zero-order chi connectivity index (χ0) is 14.9. The maximum atomic E-state index is 11.6. The molecule has 0 aromatic heterocycles. The number of hydrogen-bond donors (Lipinski definition) is 1. The third kappa shape index (κ3) is 2.89. The highest BCUT2D eigenvalue weighted by atomic mass is 35.5. The van der Waals surface area contributed by atoms with Crippen LogP contribution >= 0.6 is 23.2 Å². The van der Waals surface area contributed by atoms with E-state index in [1.807, 2.05) is 13.8 Å². The number of carbonyl (C=O) groups is 1. The molecule has 0 atom stereocenters. The van der Waals surface area contributed by atoms with Gasteiger partial charge in [-0.25, -0.2) is 9.69 Å². The van der Waals surface area contributed by atoms with Crippen molar-refractivity contribution in [3.05, 3.63) is 57.6 Å². The smallest absolute Gasteiger partial charge is 0.416 e. The minimum absolute atomic E-state index is 0.483. The van der Waals surface area contributed by atoms with Crippen LogP contribution in [0.1, 0.15) is 11.1 Å². The SMILES string of the molecule is Cc1cc(N(C(=O)O)c2cccc(Cl)c2)cc(C)c1Cl. The summed E-state index contributed by atoms with van der Waals surface area (Å²) in [6.07, 6.45) is -1.08. The molecule has 0 radical (unpaired) electrons. The third-order valence-electron chi connectivity index (χ3n) is 2.94. The summed E-state index contributed by atoms with van der Waals surface area (Å²) in [6, 6.07) is 10.2. The van der Waals surface area contributed by atoms with Crippen LogP contribution < -0.4 is 4.90 Å². The van der Waals surface area contributed by atoms with E-state index in [1.54, 1.807) is 36.4 Å². The Morgan fingerprint density at radius 2 is 1.65 bits per heavy atom. The number of carboxylic acid groups (broad SMARTS) is 1. The molecule has 2 aromatic carbocycles. The van der Waals surface area contributed by atoms with E-state index >= 15 is 0 Å². The Labute approximate surface area is 127 Å². The molecule has 1 amide bonds. The molecule has 0 saturated heterocycles. The molecule has 0 unspecified atom stereocenters. The molecule has 0 aliphatic heterocycles. The Morgan fingerprint density at radius 3 is 2.15 bits per heavy atom. The van der Waals surface area contributed by atoms with Crippen LogP contribution in [0.25, 0.3) is 0 Å². The average molecular weight is 310 g/mol. The second-order valence-corrected chi connectivity index (χ2v) is 5.31. The van der Waals surface area contributed by atoms with E-state index in [4.69, 9.17) is 23.2 Å². The molecule has 0 bridgehead atoms. The van der Waals surface area contributed by atoms with E-state index in [-0.39, 0.29) is 0 Å². The first-order valence-corrected chi connectivity index (χ1v) is 6.71. The number of benzene rings is 2. The van der Waals surface area contributed by atoms with Crippen molar-refractivity contribution in [1.29, 1.82) is 0 Å². The first-order chi connectivity index (χ1) is 9.40. The Hall–Kier alpha value is -1.71. The molecule has 2 rings (SSSR count). The lowest BCUT2D eigenvalue weighted by molar-refractivity contribution is 0.205. The Morgan fingerprint density at radius 1 is 1.05 bits per heavy atom. The van der Waals surface area contributed by atoms with Gasteiger partial charge in [0.2, 0.25) is 0 Å². The van der Waals surface area contributed by atoms with Gasteiger partial charge in [-0.15, -0.1) is 0 Å². The molecule has 0 aliphatic rings. The molecule has 0 saturated carbocycles. The van der Waals surface area contributed by atoms with E-state index in [9.17, 15) is 9.90 Å². The maximum absolute atomic E-state index is 11.6. The first kappa shape index (κ1) is 14.7. The number of rotatable bonds is 2. The molecule has 1 N–H and O–H groups in total. The van der Waals surface area contributed by atoms with Crippen LogP contribution in [-0.2, 0) is 0 Å². The first-order valence-electron chi connectivity index (χ1n) is 5.95. The minimum Gasteiger partial charge on any atom is -0.464 e. The van der Waals surface area contributed by atoms with E-state index < -0.39 is 6.09 Å². The van der Waals surface area contributed by atoms with Gasteiger partial charge in [0, 0.05) is 10.0 Å². The normalized spacial score (nSPS) is 10.4. The fourth-order valence-electron chi connectivity index (χ4n) is 2.04. The molecule has 2 aromatic rings. The fraction of sp³-hybridized carbons (Fsp3) is 0.133. The zero-order valence-corrected chi connectivity index (χ0v) is 12.5. The van der Waals surface area contributed by atoms with Crippen molar-refractivity contribution in [1.82, 2.24) is 0 Å². The summed E-state index contributed by atoms with van der Waals surface area (Å²) in [6.45, 7) is 3.69. The summed E-state index contributed by atoms with van der Waals surface area (Å²) in [5, 5.41) is 10.6. The standard InChI is InChI=1S/C15H13Cl2NO2/c1-9-6-13(7-10(2)14(9)17)18(15(19)20)12-5-3-4-11(16)8-12/h3-8H,1-2H3,(H,19,20). The molecule has 104 valence electrons. The summed E-state index contributed by atoms with van der Waals surface area (Å²) in [4.78, 5) is 12.8. The Kier molecular flexibility index (Phi) is 4.21. The van der Waals surface area contributed by atoms with Crippen molar-refractivity contribution in [2.24, 2.45) is 0 Å². The number of anilines is 2. The van der Waals surface area contributed by atoms with Gasteiger partial charge in [-0.05, 0) is 55.3 Å². The number of aryl methyl sites for hydroxylation is 2. The molecule has 0 spiro atoms. The van der Waals surface area contributed by atoms with Crippen LogP contribution in [0.4, 0.5) is 16.2 Å². The molecule has 0 aliphatic carbocycles. The van der Waals surface area contributed by atoms with Crippen LogP contribution in [0.2, 0.25) is 10.0 Å². The number of halogens is 2. The molecule has 20 heavy (non-hydrogen) atoms. The van der Waals surface area contributed by atoms with Crippen molar-refractivity contribution in [3.8, 4) is 0 Å². The van der Waals surface area contributed by atoms with Gasteiger partial charge in [0.1, 0.15) is 0 Å². The van der Waals surface area contributed by atoms with Crippen LogP contribution in [0.15, 0.2) is 36.4 Å². The van der Waals surface area contributed by atoms with Crippen molar-refractivity contribution >= 4 is 40.7 Å². The van der Waals surface area contributed by atoms with Gasteiger partial charge in [-0.3, -0.25) is 0 Å². The van der Waals surface area contributed by atoms with Gasteiger partial charge in [-0.2, -0.15) is 0 Å². The zero-order valence-electron chi connectivity index (χ0n) is 11.0. The molecular weight excluding hydrogens is 297 g/mol. The molecule has 3 nitrogen and oxygen atoms in total. The van der Waals surface area contributed by atoms with Gasteiger partial charge in [0.15, 0.2) is 0 Å². The van der Waals surface area contributed by atoms with Gasteiger partial charge >= 0.3 is 6.09 Å². The van der Waals surface area contributed by atoms with E-state index in [2.05, 4.69) is 0 Å². The summed E-state index contributed by atoms with van der Waals surface area (Å²) >= 11 is 12.0. The lowest BCUT2D eigenvalue weighted by atomic mass is 10.1. The summed E-state index contributed by atoms with van der Waals surface area (Å²) in [7, 11) is 0. The van der Waals surface area contributed by atoms with Crippen molar-refractivity contribution in [3.63, 3.8) is 0 Å². The van der Waals surface area contributed by atoms with Crippen LogP contribution in [0.5, 0.6) is 0 Å². The lowest BCUT2D eigenvalue weighted by Crippen LogP contribution is -2.23. The molecule has 0 fully saturated rings. The van der Waals surface area contributed by atoms with Crippen LogP contribution in [0, 0.1) is 13.8 Å². The van der Waals surface area contributed by atoms with Gasteiger partial charge in [0.25, 0.3) is 0 Å². The summed E-state index contributed by atoms with van der Waals surface area (Å²) in [5.74, 6) is 0. The summed E-state index contributed by atoms with van der Waals surface area (Å²) in [5.41, 5.74) is 2.69. The van der Waals surface area contributed by atoms with Gasteiger partial charge in [-0.1, -0.05) is 29.3 Å². The van der Waals surface area contributed by atoms with Crippen LogP contribution in [0.3, 0.4) is 0 Å². The second kappa shape index (κ2) is 5.73. The minimum atomic E-state index is -1.08. The predicted octanol–water partition coefficient (Wildman–Crippen LogP) is 5.43. The average Bonchev–Trinajstić information content (AvgIpc) is 2.35. The number of hydrogen-bond acceptors (Lipinski definition) is 1. The highest BCUT2D eigenvalue weighted by molar-refractivity contribution is 6.32. The van der Waals surface area contributed by atoms with Crippen LogP contribution in [-0.4, -0.2) is 11.2 Å². The van der Waals surface area contributed by atoms with Gasteiger partial charge in [0.05, 0.1) is 11.4 Å².